The number of carbonyl (C=O) groups excluding carboxylic acids is 1. The molecule has 4 nitrogen and oxygen atoms in total. The summed E-state index contributed by atoms with van der Waals surface area (Å²) < 4.78 is 0. The number of hydrogen-bond acceptors (Lipinski definition) is 2. The first kappa shape index (κ1) is 11.0. The van der Waals surface area contributed by atoms with Crippen LogP contribution in [0.1, 0.15) is 40.5 Å². The molecule has 4 heteroatoms. The lowest BCUT2D eigenvalue weighted by Crippen LogP contribution is -2.62. The van der Waals surface area contributed by atoms with Crippen molar-refractivity contribution in [3.63, 3.8) is 0 Å². The Morgan fingerprint density at radius 3 is 1.86 bits per heavy atom. The van der Waals surface area contributed by atoms with Gasteiger partial charge in [0.2, 0.25) is 0 Å². The Bertz CT molecular complexity index is 261. The first-order valence-corrected chi connectivity index (χ1v) is 4.72. The zero-order valence-electron chi connectivity index (χ0n) is 9.13. The van der Waals surface area contributed by atoms with E-state index in [4.69, 9.17) is 5.11 Å². The summed E-state index contributed by atoms with van der Waals surface area (Å²) in [5.74, 6) is 0.137. The van der Waals surface area contributed by atoms with Gasteiger partial charge >= 0.3 is 6.09 Å². The van der Waals surface area contributed by atoms with Gasteiger partial charge in [0.25, 0.3) is 0 Å². The van der Waals surface area contributed by atoms with Gasteiger partial charge in [-0.3, -0.25) is 9.69 Å². The Morgan fingerprint density at radius 1 is 1.21 bits per heavy atom. The molecule has 0 atom stereocenters. The zero-order chi connectivity index (χ0) is 11.1. The summed E-state index contributed by atoms with van der Waals surface area (Å²) in [6.07, 6.45) is -0.335. The van der Waals surface area contributed by atoms with Crippen molar-refractivity contribution in [2.75, 3.05) is 0 Å². The van der Waals surface area contributed by atoms with E-state index in [0.29, 0.717) is 12.8 Å². The van der Waals surface area contributed by atoms with Crippen molar-refractivity contribution in [2.24, 2.45) is 0 Å². The molecule has 1 aliphatic rings. The second-order valence-corrected chi connectivity index (χ2v) is 5.14. The number of rotatable bonds is 0. The molecule has 0 radical (unpaired) electrons. The molecule has 0 aromatic rings. The summed E-state index contributed by atoms with van der Waals surface area (Å²) >= 11 is 0. The van der Waals surface area contributed by atoms with Gasteiger partial charge in [-0.2, -0.15) is 0 Å². The van der Waals surface area contributed by atoms with Gasteiger partial charge in [-0.15, -0.1) is 0 Å². The maximum atomic E-state index is 11.4. The number of carbonyl (C=O) groups is 2. The maximum absolute atomic E-state index is 11.4. The third kappa shape index (κ3) is 1.74. The van der Waals surface area contributed by atoms with Crippen LogP contribution < -0.4 is 0 Å². The van der Waals surface area contributed by atoms with Crippen LogP contribution in [0, 0.1) is 0 Å². The van der Waals surface area contributed by atoms with Crippen LogP contribution in [0.25, 0.3) is 0 Å². The van der Waals surface area contributed by atoms with E-state index in [-0.39, 0.29) is 5.78 Å². The maximum Gasteiger partial charge on any atom is 0.408 e. The van der Waals surface area contributed by atoms with Gasteiger partial charge in [-0.25, -0.2) is 4.79 Å². The molecular weight excluding hydrogens is 182 g/mol. The Hall–Kier alpha value is -1.06. The second-order valence-electron chi connectivity index (χ2n) is 5.14. The SMILES string of the molecule is CC1(C)CC(=O)CC(C)(C)N1C(=O)O. The van der Waals surface area contributed by atoms with Gasteiger partial charge < -0.3 is 5.11 Å². The molecule has 1 N–H and O–H groups in total. The molecule has 1 aliphatic heterocycles. The predicted molar refractivity (Wildman–Crippen MR) is 52.3 cm³/mol. The van der Waals surface area contributed by atoms with Crippen LogP contribution in [0.2, 0.25) is 0 Å². The molecule has 0 aromatic heterocycles. The summed E-state index contributed by atoms with van der Waals surface area (Å²) in [6.45, 7) is 7.17. The number of nitrogens with zero attached hydrogens (tertiary/aromatic N) is 1. The van der Waals surface area contributed by atoms with Crippen molar-refractivity contribution < 1.29 is 14.7 Å². The van der Waals surface area contributed by atoms with Crippen molar-refractivity contribution in [3.8, 4) is 0 Å². The average molecular weight is 199 g/mol. The predicted octanol–water partition coefficient (Wildman–Crippen LogP) is 1.89. The molecular formula is C10H17NO3. The van der Waals surface area contributed by atoms with Crippen molar-refractivity contribution in [1.82, 2.24) is 4.90 Å². The van der Waals surface area contributed by atoms with E-state index in [0.717, 1.165) is 0 Å². The van der Waals surface area contributed by atoms with E-state index in [9.17, 15) is 9.59 Å². The third-order valence-electron chi connectivity index (χ3n) is 2.66. The number of piperidine rings is 1. The first-order valence-electron chi connectivity index (χ1n) is 4.72. The highest BCUT2D eigenvalue weighted by Crippen LogP contribution is 2.36. The Labute approximate surface area is 83.9 Å². The second kappa shape index (κ2) is 2.97. The van der Waals surface area contributed by atoms with Crippen LogP contribution in [0.4, 0.5) is 4.79 Å². The minimum absolute atomic E-state index is 0.137. The number of carboxylic acid groups (broad SMARTS) is 1. The van der Waals surface area contributed by atoms with E-state index in [1.165, 1.54) is 4.90 Å². The smallest absolute Gasteiger partial charge is 0.408 e. The molecule has 0 spiro atoms. The highest BCUT2D eigenvalue weighted by molar-refractivity contribution is 5.84. The number of amides is 1. The minimum Gasteiger partial charge on any atom is -0.465 e. The summed E-state index contributed by atoms with van der Waals surface area (Å²) in [7, 11) is 0. The first-order chi connectivity index (χ1) is 6.17. The van der Waals surface area contributed by atoms with Gasteiger partial charge in [0, 0.05) is 23.9 Å². The van der Waals surface area contributed by atoms with Crippen molar-refractivity contribution >= 4 is 11.9 Å². The molecule has 1 fully saturated rings. The quantitative estimate of drug-likeness (QED) is 0.648. The van der Waals surface area contributed by atoms with Crippen LogP contribution >= 0.6 is 0 Å². The Balaban J connectivity index is 3.09. The van der Waals surface area contributed by atoms with Gasteiger partial charge in [0.15, 0.2) is 0 Å². The van der Waals surface area contributed by atoms with Gasteiger partial charge in [0.1, 0.15) is 5.78 Å². The van der Waals surface area contributed by atoms with Gasteiger partial charge in [-0.1, -0.05) is 0 Å². The molecule has 80 valence electrons. The van der Waals surface area contributed by atoms with Gasteiger partial charge in [0.05, 0.1) is 0 Å². The normalized spacial score (nSPS) is 24.9. The lowest BCUT2D eigenvalue weighted by molar-refractivity contribution is -0.130. The average Bonchev–Trinajstić information content (AvgIpc) is 1.75. The highest BCUT2D eigenvalue weighted by atomic mass is 16.4. The lowest BCUT2D eigenvalue weighted by atomic mass is 9.79. The molecule has 1 saturated heterocycles. The molecule has 0 unspecified atom stereocenters. The zero-order valence-corrected chi connectivity index (χ0v) is 9.13. The third-order valence-corrected chi connectivity index (χ3v) is 2.66. The van der Waals surface area contributed by atoms with Crippen molar-refractivity contribution in [1.29, 1.82) is 0 Å². The summed E-state index contributed by atoms with van der Waals surface area (Å²) in [6, 6.07) is 0. The van der Waals surface area contributed by atoms with Gasteiger partial charge in [-0.05, 0) is 27.7 Å². The fourth-order valence-electron chi connectivity index (χ4n) is 2.52. The van der Waals surface area contributed by atoms with Crippen molar-refractivity contribution in [2.45, 2.75) is 51.6 Å². The monoisotopic (exact) mass is 199 g/mol. The standard InChI is InChI=1S/C10H17NO3/c1-9(2)5-7(12)6-10(3,4)11(9)8(13)14/h5-6H2,1-4H3,(H,13,14). The molecule has 1 heterocycles. The largest absolute Gasteiger partial charge is 0.465 e. The Morgan fingerprint density at radius 2 is 1.57 bits per heavy atom. The van der Waals surface area contributed by atoms with E-state index >= 15 is 0 Å². The van der Waals surface area contributed by atoms with Crippen LogP contribution in [0.15, 0.2) is 0 Å². The number of Topliss-reactive ketones (excluding diaryl/α,β-unsaturated/α-hetero) is 1. The number of likely N-dealkylation sites (tertiary alicyclic amines) is 1. The fourth-order valence-corrected chi connectivity index (χ4v) is 2.52. The van der Waals surface area contributed by atoms with E-state index < -0.39 is 17.2 Å². The van der Waals surface area contributed by atoms with Crippen LogP contribution in [-0.4, -0.2) is 33.0 Å². The van der Waals surface area contributed by atoms with E-state index in [1.54, 1.807) is 27.7 Å². The lowest BCUT2D eigenvalue weighted by Gasteiger charge is -2.50. The molecule has 0 aliphatic carbocycles. The summed E-state index contributed by atoms with van der Waals surface area (Å²) in [5.41, 5.74) is -1.19. The molecule has 0 bridgehead atoms. The number of ketones is 1. The molecule has 14 heavy (non-hydrogen) atoms. The number of hydrogen-bond donors (Lipinski definition) is 1. The highest BCUT2D eigenvalue weighted by Gasteiger charge is 2.47. The molecule has 0 saturated carbocycles. The molecule has 1 amide bonds. The van der Waals surface area contributed by atoms with Crippen LogP contribution in [-0.2, 0) is 4.79 Å². The van der Waals surface area contributed by atoms with Crippen LogP contribution in [0.3, 0.4) is 0 Å². The summed E-state index contributed by atoms with van der Waals surface area (Å²) in [5, 5.41) is 9.11. The fraction of sp³-hybridized carbons (Fsp3) is 0.800. The van der Waals surface area contributed by atoms with Crippen LogP contribution in [0.5, 0.6) is 0 Å². The van der Waals surface area contributed by atoms with E-state index in [1.807, 2.05) is 0 Å². The molecule has 0 aromatic carbocycles. The Kier molecular flexibility index (Phi) is 2.34. The topological polar surface area (TPSA) is 57.6 Å². The van der Waals surface area contributed by atoms with Crippen molar-refractivity contribution in [3.05, 3.63) is 0 Å². The minimum atomic E-state index is -0.951. The summed E-state index contributed by atoms with van der Waals surface area (Å²) in [4.78, 5) is 23.9. The van der Waals surface area contributed by atoms with E-state index in [2.05, 4.69) is 0 Å². The molecule has 1 rings (SSSR count).